The van der Waals surface area contributed by atoms with Gasteiger partial charge in [0, 0.05) is 5.69 Å². The van der Waals surface area contributed by atoms with Crippen molar-refractivity contribution in [1.82, 2.24) is 0 Å². The first-order valence-electron chi connectivity index (χ1n) is 9.83. The Morgan fingerprint density at radius 2 is 1.55 bits per heavy atom. The number of hydrogen-bond donors (Lipinski definition) is 1. The van der Waals surface area contributed by atoms with Crippen molar-refractivity contribution in [3.05, 3.63) is 113 Å². The topological polar surface area (TPSA) is 66.8 Å². The molecule has 5 heteroatoms. The van der Waals surface area contributed by atoms with E-state index in [1.54, 1.807) is 61.7 Å². The smallest absolute Gasteiger partial charge is 0.294 e. The molecular weight excluding hydrogens is 390 g/mol. The van der Waals surface area contributed by atoms with E-state index in [0.717, 1.165) is 5.56 Å². The number of methoxy groups -OCH3 is 1. The number of nitrogens with zero attached hydrogens (tertiary/aromatic N) is 1. The van der Waals surface area contributed by atoms with E-state index in [-0.39, 0.29) is 5.57 Å². The van der Waals surface area contributed by atoms with E-state index >= 15 is 0 Å². The average molecular weight is 411 g/mol. The van der Waals surface area contributed by atoms with Gasteiger partial charge in [-0.05, 0) is 41.5 Å². The minimum atomic E-state index is -0.756. The van der Waals surface area contributed by atoms with Gasteiger partial charge in [-0.15, -0.1) is 0 Å². The molecule has 4 rings (SSSR count). The third-order valence-corrected chi connectivity index (χ3v) is 5.17. The van der Waals surface area contributed by atoms with E-state index in [4.69, 9.17) is 4.74 Å². The Hall–Kier alpha value is -4.12. The maximum absolute atomic E-state index is 13.2. The molecule has 0 radical (unpaired) electrons. The number of aliphatic hydroxyl groups is 1. The van der Waals surface area contributed by atoms with Crippen molar-refractivity contribution in [3.8, 4) is 5.75 Å². The number of hydrogen-bond acceptors (Lipinski definition) is 4. The molecule has 0 saturated heterocycles. The molecule has 1 amide bonds. The van der Waals surface area contributed by atoms with Crippen LogP contribution >= 0.6 is 0 Å². The molecule has 1 aliphatic heterocycles. The Kier molecular flexibility index (Phi) is 5.67. The fourth-order valence-corrected chi connectivity index (χ4v) is 3.64. The number of rotatable bonds is 6. The van der Waals surface area contributed by atoms with Crippen LogP contribution in [-0.2, 0) is 9.59 Å². The van der Waals surface area contributed by atoms with Gasteiger partial charge in [-0.25, -0.2) is 0 Å². The highest BCUT2D eigenvalue weighted by Gasteiger charge is 2.43. The first-order valence-corrected chi connectivity index (χ1v) is 9.83. The molecule has 31 heavy (non-hydrogen) atoms. The molecule has 5 nitrogen and oxygen atoms in total. The molecule has 0 unspecified atom stereocenters. The molecule has 0 aliphatic carbocycles. The number of amides is 1. The molecular formula is C26H21NO4. The monoisotopic (exact) mass is 411 g/mol. The fraction of sp³-hybridized carbons (Fsp3) is 0.0769. The highest BCUT2D eigenvalue weighted by Crippen LogP contribution is 2.41. The summed E-state index contributed by atoms with van der Waals surface area (Å²) in [6, 6.07) is 24.7. The number of para-hydroxylation sites is 1. The van der Waals surface area contributed by atoms with E-state index in [0.29, 0.717) is 17.0 Å². The molecule has 3 aromatic rings. The summed E-state index contributed by atoms with van der Waals surface area (Å²) in [7, 11) is 1.57. The van der Waals surface area contributed by atoms with Crippen LogP contribution in [0, 0.1) is 0 Å². The second-order valence-corrected chi connectivity index (χ2v) is 7.06. The van der Waals surface area contributed by atoms with Crippen LogP contribution in [0.2, 0.25) is 0 Å². The van der Waals surface area contributed by atoms with E-state index < -0.39 is 23.5 Å². The van der Waals surface area contributed by atoms with Crippen molar-refractivity contribution in [2.24, 2.45) is 0 Å². The number of allylic oxidation sites excluding steroid dienone is 1. The van der Waals surface area contributed by atoms with Gasteiger partial charge >= 0.3 is 0 Å². The lowest BCUT2D eigenvalue weighted by molar-refractivity contribution is -0.117. The third kappa shape index (κ3) is 3.98. The van der Waals surface area contributed by atoms with Crippen LogP contribution in [0.25, 0.3) is 6.08 Å². The van der Waals surface area contributed by atoms with Crippen LogP contribution < -0.4 is 9.64 Å². The Morgan fingerprint density at radius 3 is 2.16 bits per heavy atom. The van der Waals surface area contributed by atoms with Crippen molar-refractivity contribution in [2.75, 3.05) is 12.0 Å². The van der Waals surface area contributed by atoms with Gasteiger partial charge in [-0.1, -0.05) is 66.7 Å². The van der Waals surface area contributed by atoms with Crippen molar-refractivity contribution in [2.45, 2.75) is 6.04 Å². The van der Waals surface area contributed by atoms with Crippen LogP contribution in [0.4, 0.5) is 5.69 Å². The second kappa shape index (κ2) is 8.71. The van der Waals surface area contributed by atoms with Gasteiger partial charge in [0.1, 0.15) is 5.75 Å². The summed E-state index contributed by atoms with van der Waals surface area (Å²) in [5.41, 5.74) is 2.18. The number of ether oxygens (including phenoxy) is 1. The van der Waals surface area contributed by atoms with Gasteiger partial charge < -0.3 is 9.84 Å². The zero-order chi connectivity index (χ0) is 21.8. The summed E-state index contributed by atoms with van der Waals surface area (Å²) in [6.45, 7) is 0. The molecule has 0 spiro atoms. The highest BCUT2D eigenvalue weighted by atomic mass is 16.5. The number of carbonyl (C=O) groups is 2. The lowest BCUT2D eigenvalue weighted by Crippen LogP contribution is -2.30. The van der Waals surface area contributed by atoms with Crippen LogP contribution in [-0.4, -0.2) is 23.9 Å². The minimum Gasteiger partial charge on any atom is -0.503 e. The summed E-state index contributed by atoms with van der Waals surface area (Å²) in [5, 5.41) is 10.7. The summed E-state index contributed by atoms with van der Waals surface area (Å²) in [6.07, 6.45) is 3.06. The number of aliphatic hydroxyl groups excluding tert-OH is 1. The summed E-state index contributed by atoms with van der Waals surface area (Å²) in [5.74, 6) is -0.908. The standard InChI is InChI=1S/C26H21NO4/c1-31-21-15-13-19(14-16-21)24-23(22(28)17-12-18-8-4-2-5-9-18)25(29)26(30)27(24)20-10-6-3-7-11-20/h2-17,24,29H,1H3/t24-/m1/s1. The molecule has 0 saturated carbocycles. The normalized spacial score (nSPS) is 16.2. The van der Waals surface area contributed by atoms with Crippen LogP contribution in [0.3, 0.4) is 0 Å². The van der Waals surface area contributed by atoms with E-state index in [9.17, 15) is 14.7 Å². The molecule has 0 fully saturated rings. The molecule has 0 aromatic heterocycles. The Morgan fingerprint density at radius 1 is 0.935 bits per heavy atom. The SMILES string of the molecule is COc1ccc([C@@H]2C(C(=O)C=Cc3ccccc3)=C(O)C(=O)N2c2ccccc2)cc1. The summed E-state index contributed by atoms with van der Waals surface area (Å²) < 4.78 is 5.23. The Balaban J connectivity index is 1.77. The van der Waals surface area contributed by atoms with Gasteiger partial charge in [0.25, 0.3) is 5.91 Å². The van der Waals surface area contributed by atoms with Crippen LogP contribution in [0.15, 0.2) is 102 Å². The predicted octanol–water partition coefficient (Wildman–Crippen LogP) is 4.88. The first kappa shape index (κ1) is 20.2. The number of benzene rings is 3. The number of ketones is 1. The predicted molar refractivity (Wildman–Crippen MR) is 120 cm³/mol. The molecule has 1 atom stereocenters. The maximum Gasteiger partial charge on any atom is 0.294 e. The number of carbonyl (C=O) groups excluding carboxylic acids is 2. The van der Waals surface area contributed by atoms with Crippen LogP contribution in [0.5, 0.6) is 5.75 Å². The zero-order valence-corrected chi connectivity index (χ0v) is 16.9. The quantitative estimate of drug-likeness (QED) is 0.587. The van der Waals surface area contributed by atoms with E-state index in [2.05, 4.69) is 0 Å². The molecule has 1 aliphatic rings. The van der Waals surface area contributed by atoms with Crippen molar-refractivity contribution < 1.29 is 19.4 Å². The third-order valence-electron chi connectivity index (χ3n) is 5.17. The summed E-state index contributed by atoms with van der Waals surface area (Å²) in [4.78, 5) is 27.6. The maximum atomic E-state index is 13.2. The minimum absolute atomic E-state index is 0.0474. The van der Waals surface area contributed by atoms with Gasteiger partial charge in [0.15, 0.2) is 11.5 Å². The van der Waals surface area contributed by atoms with E-state index in [1.807, 2.05) is 36.4 Å². The summed E-state index contributed by atoms with van der Waals surface area (Å²) >= 11 is 0. The van der Waals surface area contributed by atoms with Crippen LogP contribution in [0.1, 0.15) is 17.2 Å². The lowest BCUT2D eigenvalue weighted by Gasteiger charge is -2.26. The van der Waals surface area contributed by atoms with Gasteiger partial charge in [0.05, 0.1) is 18.7 Å². The van der Waals surface area contributed by atoms with Gasteiger partial charge in [0.2, 0.25) is 0 Å². The molecule has 154 valence electrons. The zero-order valence-electron chi connectivity index (χ0n) is 16.9. The fourth-order valence-electron chi connectivity index (χ4n) is 3.64. The number of anilines is 1. The molecule has 3 aromatic carbocycles. The lowest BCUT2D eigenvalue weighted by atomic mass is 9.95. The Labute approximate surface area is 180 Å². The van der Waals surface area contributed by atoms with Crippen molar-refractivity contribution in [1.29, 1.82) is 0 Å². The average Bonchev–Trinajstić information content (AvgIpc) is 3.09. The first-order chi connectivity index (χ1) is 15.1. The van der Waals surface area contributed by atoms with Gasteiger partial charge in [-0.3, -0.25) is 14.5 Å². The van der Waals surface area contributed by atoms with Gasteiger partial charge in [-0.2, -0.15) is 0 Å². The van der Waals surface area contributed by atoms with Crippen molar-refractivity contribution >= 4 is 23.5 Å². The Bertz CT molecular complexity index is 1150. The van der Waals surface area contributed by atoms with E-state index in [1.165, 1.54) is 11.0 Å². The molecule has 0 bridgehead atoms. The second-order valence-electron chi connectivity index (χ2n) is 7.06. The van der Waals surface area contributed by atoms with Crippen molar-refractivity contribution in [3.63, 3.8) is 0 Å². The molecule has 1 N–H and O–H groups in total. The largest absolute Gasteiger partial charge is 0.503 e. The molecule has 1 heterocycles. The highest BCUT2D eigenvalue weighted by molar-refractivity contribution is 6.19.